The molecule has 3 rings (SSSR count). The van der Waals surface area contributed by atoms with Gasteiger partial charge in [0, 0.05) is 45.0 Å². The molecule has 2 heterocycles. The number of anilines is 1. The molecule has 0 radical (unpaired) electrons. The molecule has 25 heavy (non-hydrogen) atoms. The van der Waals surface area contributed by atoms with Crippen LogP contribution in [-0.2, 0) is 9.53 Å². The normalized spacial score (nSPS) is 25.1. The smallest absolute Gasteiger partial charge is 0.236 e. The number of carbonyl (C=O) groups excluding carboxylic acids is 1. The number of amides is 1. The average molecular weight is 347 g/mol. The highest BCUT2D eigenvalue weighted by molar-refractivity contribution is 5.78. The zero-order valence-corrected chi connectivity index (χ0v) is 15.5. The molecule has 1 aromatic carbocycles. The van der Waals surface area contributed by atoms with Gasteiger partial charge >= 0.3 is 0 Å². The maximum atomic E-state index is 12.6. The van der Waals surface area contributed by atoms with Gasteiger partial charge < -0.3 is 19.3 Å². The minimum atomic E-state index is 0.198. The van der Waals surface area contributed by atoms with Gasteiger partial charge in [-0.2, -0.15) is 0 Å². The Balaban J connectivity index is 1.48. The highest BCUT2D eigenvalue weighted by Crippen LogP contribution is 2.20. The van der Waals surface area contributed by atoms with Crippen molar-refractivity contribution >= 4 is 11.6 Å². The lowest BCUT2D eigenvalue weighted by molar-refractivity contribution is -0.136. The van der Waals surface area contributed by atoms with E-state index in [2.05, 4.69) is 35.8 Å². The molecule has 2 aliphatic rings. The van der Waals surface area contributed by atoms with Crippen LogP contribution in [0, 0.1) is 0 Å². The number of hydrogen-bond donors (Lipinski definition) is 0. The third-order valence-corrected chi connectivity index (χ3v) is 4.92. The highest BCUT2D eigenvalue weighted by atomic mass is 16.5. The summed E-state index contributed by atoms with van der Waals surface area (Å²) in [6, 6.07) is 8.11. The second kappa shape index (κ2) is 8.06. The number of rotatable bonds is 4. The van der Waals surface area contributed by atoms with Crippen LogP contribution in [0.4, 0.5) is 5.69 Å². The number of methoxy groups -OCH3 is 1. The first-order valence-corrected chi connectivity index (χ1v) is 9.09. The number of piperazine rings is 1. The van der Waals surface area contributed by atoms with Crippen LogP contribution in [-0.4, -0.2) is 80.8 Å². The molecule has 0 unspecified atom stereocenters. The van der Waals surface area contributed by atoms with Crippen LogP contribution in [0.15, 0.2) is 24.3 Å². The molecule has 0 saturated carbocycles. The molecule has 0 bridgehead atoms. The molecule has 138 valence electrons. The van der Waals surface area contributed by atoms with Crippen molar-refractivity contribution in [2.75, 3.05) is 57.8 Å². The lowest BCUT2D eigenvalue weighted by atomic mass is 10.2. The Hall–Kier alpha value is -1.79. The number of morpholine rings is 1. The van der Waals surface area contributed by atoms with Gasteiger partial charge in [0.1, 0.15) is 5.75 Å². The van der Waals surface area contributed by atoms with Crippen molar-refractivity contribution in [3.05, 3.63) is 24.3 Å². The molecule has 2 atom stereocenters. The molecule has 0 spiro atoms. The monoisotopic (exact) mass is 347 g/mol. The summed E-state index contributed by atoms with van der Waals surface area (Å²) in [5, 5.41) is 0. The highest BCUT2D eigenvalue weighted by Gasteiger charge is 2.27. The van der Waals surface area contributed by atoms with Gasteiger partial charge in [-0.1, -0.05) is 0 Å². The van der Waals surface area contributed by atoms with E-state index in [4.69, 9.17) is 9.47 Å². The summed E-state index contributed by atoms with van der Waals surface area (Å²) in [5.41, 5.74) is 1.18. The topological polar surface area (TPSA) is 45.2 Å². The van der Waals surface area contributed by atoms with E-state index in [9.17, 15) is 4.79 Å². The van der Waals surface area contributed by atoms with Gasteiger partial charge in [0.05, 0.1) is 25.9 Å². The second-order valence-corrected chi connectivity index (χ2v) is 7.02. The van der Waals surface area contributed by atoms with Crippen molar-refractivity contribution in [1.82, 2.24) is 9.80 Å². The van der Waals surface area contributed by atoms with Gasteiger partial charge in [-0.05, 0) is 38.1 Å². The van der Waals surface area contributed by atoms with Crippen molar-refractivity contribution < 1.29 is 14.3 Å². The Labute approximate surface area is 150 Å². The standard InChI is InChI=1S/C19H29N3O3/c1-15-12-20(13-16(2)25-15)14-19(23)22-10-8-21(9-11-22)17-4-6-18(24-3)7-5-17/h4-7,15-16H,8-14H2,1-3H3/t15-,16+. The lowest BCUT2D eigenvalue weighted by Crippen LogP contribution is -2.53. The van der Waals surface area contributed by atoms with Crippen LogP contribution in [0.5, 0.6) is 5.75 Å². The van der Waals surface area contributed by atoms with Crippen molar-refractivity contribution in [3.8, 4) is 5.75 Å². The lowest BCUT2D eigenvalue weighted by Gasteiger charge is -2.39. The van der Waals surface area contributed by atoms with Crippen LogP contribution >= 0.6 is 0 Å². The van der Waals surface area contributed by atoms with E-state index in [0.29, 0.717) is 6.54 Å². The fourth-order valence-electron chi connectivity index (χ4n) is 3.71. The number of ether oxygens (including phenoxy) is 2. The predicted octanol–water partition coefficient (Wildman–Crippen LogP) is 1.45. The molecule has 0 aliphatic carbocycles. The fraction of sp³-hybridized carbons (Fsp3) is 0.632. The Bertz CT molecular complexity index is 560. The molecule has 1 amide bonds. The second-order valence-electron chi connectivity index (χ2n) is 7.02. The molecule has 0 aromatic heterocycles. The Morgan fingerprint density at radius 3 is 2.24 bits per heavy atom. The van der Waals surface area contributed by atoms with Gasteiger partial charge in [0.25, 0.3) is 0 Å². The van der Waals surface area contributed by atoms with E-state index < -0.39 is 0 Å². The van der Waals surface area contributed by atoms with Gasteiger partial charge in [-0.3, -0.25) is 9.69 Å². The summed E-state index contributed by atoms with van der Waals surface area (Å²) in [4.78, 5) is 19.1. The van der Waals surface area contributed by atoms with Crippen molar-refractivity contribution in [2.24, 2.45) is 0 Å². The predicted molar refractivity (Wildman–Crippen MR) is 98.2 cm³/mol. The minimum Gasteiger partial charge on any atom is -0.497 e. The summed E-state index contributed by atoms with van der Waals surface area (Å²) in [6.07, 6.45) is 0.395. The van der Waals surface area contributed by atoms with E-state index in [1.54, 1.807) is 7.11 Å². The summed E-state index contributed by atoms with van der Waals surface area (Å²) in [5.74, 6) is 1.10. The zero-order chi connectivity index (χ0) is 17.8. The number of carbonyl (C=O) groups is 1. The molecular formula is C19H29N3O3. The molecule has 2 aliphatic heterocycles. The third-order valence-electron chi connectivity index (χ3n) is 4.92. The summed E-state index contributed by atoms with van der Waals surface area (Å²) in [6.45, 7) is 9.61. The third kappa shape index (κ3) is 4.64. The molecule has 0 N–H and O–H groups in total. The minimum absolute atomic E-state index is 0.198. The zero-order valence-electron chi connectivity index (χ0n) is 15.5. The van der Waals surface area contributed by atoms with Gasteiger partial charge in [0.15, 0.2) is 0 Å². The van der Waals surface area contributed by atoms with Crippen LogP contribution < -0.4 is 9.64 Å². The molecule has 2 saturated heterocycles. The largest absolute Gasteiger partial charge is 0.497 e. The molecule has 1 aromatic rings. The van der Waals surface area contributed by atoms with Crippen molar-refractivity contribution in [2.45, 2.75) is 26.1 Å². The van der Waals surface area contributed by atoms with E-state index >= 15 is 0 Å². The maximum Gasteiger partial charge on any atom is 0.236 e. The van der Waals surface area contributed by atoms with Crippen LogP contribution in [0.1, 0.15) is 13.8 Å². The fourth-order valence-corrected chi connectivity index (χ4v) is 3.71. The molecular weight excluding hydrogens is 318 g/mol. The number of nitrogens with zero attached hydrogens (tertiary/aromatic N) is 3. The Morgan fingerprint density at radius 1 is 1.08 bits per heavy atom. The van der Waals surface area contributed by atoms with E-state index in [1.165, 1.54) is 5.69 Å². The summed E-state index contributed by atoms with van der Waals surface area (Å²) < 4.78 is 10.9. The maximum absolute atomic E-state index is 12.6. The molecule has 2 fully saturated rings. The van der Waals surface area contributed by atoms with Crippen LogP contribution in [0.2, 0.25) is 0 Å². The van der Waals surface area contributed by atoms with Crippen LogP contribution in [0.25, 0.3) is 0 Å². The van der Waals surface area contributed by atoms with E-state index in [1.807, 2.05) is 17.0 Å². The quantitative estimate of drug-likeness (QED) is 0.825. The molecule has 6 nitrogen and oxygen atoms in total. The summed E-state index contributed by atoms with van der Waals surface area (Å²) >= 11 is 0. The van der Waals surface area contributed by atoms with Gasteiger partial charge in [-0.25, -0.2) is 0 Å². The van der Waals surface area contributed by atoms with Crippen LogP contribution in [0.3, 0.4) is 0 Å². The molecule has 6 heteroatoms. The Morgan fingerprint density at radius 2 is 1.68 bits per heavy atom. The first kappa shape index (κ1) is 18.0. The van der Waals surface area contributed by atoms with Crippen molar-refractivity contribution in [3.63, 3.8) is 0 Å². The first-order chi connectivity index (χ1) is 12.0. The van der Waals surface area contributed by atoms with E-state index in [0.717, 1.165) is 45.0 Å². The van der Waals surface area contributed by atoms with Gasteiger partial charge in [0.2, 0.25) is 5.91 Å². The summed E-state index contributed by atoms with van der Waals surface area (Å²) in [7, 11) is 1.68. The van der Waals surface area contributed by atoms with Crippen molar-refractivity contribution in [1.29, 1.82) is 0 Å². The average Bonchev–Trinajstić information content (AvgIpc) is 2.61. The first-order valence-electron chi connectivity index (χ1n) is 9.09. The van der Waals surface area contributed by atoms with Gasteiger partial charge in [-0.15, -0.1) is 0 Å². The number of benzene rings is 1. The SMILES string of the molecule is COc1ccc(N2CCN(C(=O)CN3C[C@@H](C)O[C@@H](C)C3)CC2)cc1. The number of hydrogen-bond acceptors (Lipinski definition) is 5. The Kier molecular flexibility index (Phi) is 5.81. The van der Waals surface area contributed by atoms with E-state index in [-0.39, 0.29) is 18.1 Å².